The van der Waals surface area contributed by atoms with Crippen LogP contribution >= 0.6 is 23.2 Å². The molecule has 4 rings (SSSR count). The molecule has 1 aromatic heterocycles. The van der Waals surface area contributed by atoms with Crippen molar-refractivity contribution in [3.8, 4) is 28.2 Å². The number of aromatic nitrogens is 1. The zero-order chi connectivity index (χ0) is 23.0. The average Bonchev–Trinajstić information content (AvgIpc) is 3.16. The van der Waals surface area contributed by atoms with Crippen molar-refractivity contribution in [3.63, 3.8) is 0 Å². The van der Waals surface area contributed by atoms with Crippen molar-refractivity contribution in [2.45, 2.75) is 0 Å². The molecule has 7 heteroatoms. The van der Waals surface area contributed by atoms with Gasteiger partial charge in [0, 0.05) is 35.9 Å². The number of nitrogens with zero attached hydrogens (tertiary/aromatic N) is 2. The van der Waals surface area contributed by atoms with E-state index in [4.69, 9.17) is 23.2 Å². The molecule has 0 aliphatic rings. The van der Waals surface area contributed by atoms with Crippen LogP contribution in [0.25, 0.3) is 28.2 Å². The van der Waals surface area contributed by atoms with Gasteiger partial charge in [-0.3, -0.25) is 0 Å². The molecule has 0 bridgehead atoms. The first-order valence-corrected chi connectivity index (χ1v) is 10.5. The summed E-state index contributed by atoms with van der Waals surface area (Å²) in [6, 6.07) is 20.6. The standard InChI is InChI=1S/C25H19Cl2FN2O2/c1-29(2)18-9-4-6-15(13-18)22-14-19(25(31)32)24(16-7-3-8-17(26)12-16)30(22)21-11-5-10-20(27)23(21)28/h3-14H,1-2H3,(H,31,32). The van der Waals surface area contributed by atoms with Gasteiger partial charge in [0.2, 0.25) is 0 Å². The highest BCUT2D eigenvalue weighted by atomic mass is 35.5. The highest BCUT2D eigenvalue weighted by Crippen LogP contribution is 2.39. The van der Waals surface area contributed by atoms with Crippen LogP contribution in [0.2, 0.25) is 10.0 Å². The van der Waals surface area contributed by atoms with Gasteiger partial charge in [-0.2, -0.15) is 0 Å². The maximum atomic E-state index is 15.2. The Morgan fingerprint density at radius 3 is 2.31 bits per heavy atom. The Morgan fingerprint density at radius 1 is 0.938 bits per heavy atom. The number of carboxylic acid groups (broad SMARTS) is 1. The number of carboxylic acids is 1. The molecule has 0 saturated heterocycles. The Balaban J connectivity index is 2.13. The van der Waals surface area contributed by atoms with Crippen LogP contribution in [0.5, 0.6) is 0 Å². The highest BCUT2D eigenvalue weighted by molar-refractivity contribution is 6.31. The second-order valence-corrected chi connectivity index (χ2v) is 8.30. The first kappa shape index (κ1) is 21.9. The lowest BCUT2D eigenvalue weighted by Gasteiger charge is -2.18. The van der Waals surface area contributed by atoms with Crippen molar-refractivity contribution < 1.29 is 14.3 Å². The van der Waals surface area contributed by atoms with Crippen LogP contribution in [0.4, 0.5) is 10.1 Å². The zero-order valence-corrected chi connectivity index (χ0v) is 18.8. The molecule has 0 amide bonds. The molecule has 0 aliphatic heterocycles. The van der Waals surface area contributed by atoms with Crippen LogP contribution < -0.4 is 4.90 Å². The van der Waals surface area contributed by atoms with Crippen molar-refractivity contribution in [2.24, 2.45) is 0 Å². The fraction of sp³-hybridized carbons (Fsp3) is 0.0800. The van der Waals surface area contributed by atoms with Crippen LogP contribution in [-0.2, 0) is 0 Å². The lowest BCUT2D eigenvalue weighted by Crippen LogP contribution is -2.08. The number of hydrogen-bond acceptors (Lipinski definition) is 2. The van der Waals surface area contributed by atoms with Crippen LogP contribution in [0.3, 0.4) is 0 Å². The van der Waals surface area contributed by atoms with Crippen LogP contribution in [0.1, 0.15) is 10.4 Å². The second kappa shape index (κ2) is 8.69. The van der Waals surface area contributed by atoms with Crippen molar-refractivity contribution >= 4 is 34.9 Å². The molecule has 0 aliphatic carbocycles. The van der Waals surface area contributed by atoms with E-state index in [9.17, 15) is 9.90 Å². The summed E-state index contributed by atoms with van der Waals surface area (Å²) in [6.45, 7) is 0. The smallest absolute Gasteiger partial charge is 0.337 e. The second-order valence-electron chi connectivity index (χ2n) is 7.46. The summed E-state index contributed by atoms with van der Waals surface area (Å²) in [4.78, 5) is 14.2. The van der Waals surface area contributed by atoms with Gasteiger partial charge in [0.1, 0.15) is 0 Å². The molecule has 0 unspecified atom stereocenters. The minimum absolute atomic E-state index is 0.0249. The Bertz CT molecular complexity index is 1330. The third-order valence-electron chi connectivity index (χ3n) is 5.16. The van der Waals surface area contributed by atoms with Gasteiger partial charge in [-0.15, -0.1) is 0 Å². The van der Waals surface area contributed by atoms with E-state index in [1.165, 1.54) is 6.07 Å². The zero-order valence-electron chi connectivity index (χ0n) is 17.3. The number of halogens is 3. The molecule has 0 atom stereocenters. The van der Waals surface area contributed by atoms with E-state index in [2.05, 4.69) is 0 Å². The minimum atomic E-state index is -1.13. The average molecular weight is 469 g/mol. The quantitative estimate of drug-likeness (QED) is 0.342. The molecule has 1 heterocycles. The summed E-state index contributed by atoms with van der Waals surface area (Å²) in [7, 11) is 3.82. The molecular formula is C25H19Cl2FN2O2. The third kappa shape index (κ3) is 3.97. The van der Waals surface area contributed by atoms with Gasteiger partial charge >= 0.3 is 5.97 Å². The van der Waals surface area contributed by atoms with Gasteiger partial charge in [0.15, 0.2) is 5.82 Å². The van der Waals surface area contributed by atoms with Gasteiger partial charge in [-0.05, 0) is 42.5 Å². The molecule has 4 nitrogen and oxygen atoms in total. The fourth-order valence-electron chi connectivity index (χ4n) is 3.67. The molecule has 0 spiro atoms. The molecule has 3 aromatic carbocycles. The van der Waals surface area contributed by atoms with E-state index in [1.54, 1.807) is 47.0 Å². The Kier molecular flexibility index (Phi) is 5.96. The lowest BCUT2D eigenvalue weighted by atomic mass is 10.1. The van der Waals surface area contributed by atoms with E-state index >= 15 is 4.39 Å². The third-order valence-corrected chi connectivity index (χ3v) is 5.69. The van der Waals surface area contributed by atoms with Crippen LogP contribution in [-0.4, -0.2) is 29.7 Å². The summed E-state index contributed by atoms with van der Waals surface area (Å²) in [5.74, 6) is -1.78. The number of anilines is 1. The maximum absolute atomic E-state index is 15.2. The molecule has 162 valence electrons. The fourth-order valence-corrected chi connectivity index (χ4v) is 4.02. The van der Waals surface area contributed by atoms with Crippen molar-refractivity contribution in [1.82, 2.24) is 4.57 Å². The first-order chi connectivity index (χ1) is 15.3. The normalized spacial score (nSPS) is 10.9. The van der Waals surface area contributed by atoms with Crippen molar-refractivity contribution in [1.29, 1.82) is 0 Å². The van der Waals surface area contributed by atoms with Gasteiger partial charge in [-0.25, -0.2) is 9.18 Å². The van der Waals surface area contributed by atoms with E-state index < -0.39 is 11.8 Å². The Morgan fingerprint density at radius 2 is 1.62 bits per heavy atom. The lowest BCUT2D eigenvalue weighted by molar-refractivity contribution is 0.0698. The summed E-state index contributed by atoms with van der Waals surface area (Å²) in [5, 5.41) is 10.4. The SMILES string of the molecule is CN(C)c1cccc(-c2cc(C(=O)O)c(-c3cccc(Cl)c3)n2-c2cccc(Cl)c2F)c1. The number of rotatable bonds is 5. The topological polar surface area (TPSA) is 45.5 Å². The van der Waals surface area contributed by atoms with Gasteiger partial charge in [0.05, 0.1) is 27.7 Å². The number of hydrogen-bond donors (Lipinski definition) is 1. The number of aromatic carboxylic acids is 1. The molecule has 1 N–H and O–H groups in total. The monoisotopic (exact) mass is 468 g/mol. The highest BCUT2D eigenvalue weighted by Gasteiger charge is 2.25. The van der Waals surface area contributed by atoms with Crippen LogP contribution in [0.15, 0.2) is 72.8 Å². The van der Waals surface area contributed by atoms with Crippen LogP contribution in [0, 0.1) is 5.82 Å². The van der Waals surface area contributed by atoms with Gasteiger partial charge < -0.3 is 14.6 Å². The number of benzene rings is 3. The van der Waals surface area contributed by atoms with E-state index in [0.29, 0.717) is 22.0 Å². The summed E-state index contributed by atoms with van der Waals surface area (Å²) >= 11 is 12.3. The predicted molar refractivity (Wildman–Crippen MR) is 128 cm³/mol. The predicted octanol–water partition coefficient (Wildman–Crippen LogP) is 7.02. The Hall–Kier alpha value is -3.28. The van der Waals surface area contributed by atoms with E-state index in [0.717, 1.165) is 11.3 Å². The molecule has 0 fully saturated rings. The van der Waals surface area contributed by atoms with Gasteiger partial charge in [0.25, 0.3) is 0 Å². The maximum Gasteiger partial charge on any atom is 0.337 e. The Labute approximate surface area is 195 Å². The molecule has 32 heavy (non-hydrogen) atoms. The minimum Gasteiger partial charge on any atom is -0.478 e. The van der Waals surface area contributed by atoms with Crippen molar-refractivity contribution in [2.75, 3.05) is 19.0 Å². The van der Waals surface area contributed by atoms with Crippen molar-refractivity contribution in [3.05, 3.63) is 94.2 Å². The molecule has 0 saturated carbocycles. The molecule has 4 aromatic rings. The molecular weight excluding hydrogens is 450 g/mol. The summed E-state index contributed by atoms with van der Waals surface area (Å²) in [6.07, 6.45) is 0. The van der Waals surface area contributed by atoms with Gasteiger partial charge in [-0.1, -0.05) is 53.5 Å². The van der Waals surface area contributed by atoms with E-state index in [-0.39, 0.29) is 16.3 Å². The summed E-state index contributed by atoms with van der Waals surface area (Å²) in [5.41, 5.74) is 3.19. The van der Waals surface area contributed by atoms with E-state index in [1.807, 2.05) is 43.3 Å². The molecule has 0 radical (unpaired) electrons. The summed E-state index contributed by atoms with van der Waals surface area (Å²) < 4.78 is 16.8. The number of carbonyl (C=O) groups is 1. The first-order valence-electron chi connectivity index (χ1n) is 9.75. The largest absolute Gasteiger partial charge is 0.478 e.